The fourth-order valence-electron chi connectivity index (χ4n) is 1.30. The third-order valence-corrected chi connectivity index (χ3v) is 3.33. The zero-order chi connectivity index (χ0) is 16.0. The third-order valence-electron chi connectivity index (χ3n) is 3.33. The van der Waals surface area contributed by atoms with E-state index in [1.54, 1.807) is 27.4 Å². The van der Waals surface area contributed by atoms with Gasteiger partial charge in [0.1, 0.15) is 0 Å². The van der Waals surface area contributed by atoms with Crippen molar-refractivity contribution in [1.29, 1.82) is 0 Å². The van der Waals surface area contributed by atoms with E-state index in [2.05, 4.69) is 6.58 Å². The first kappa shape index (κ1) is 18.7. The molecule has 1 aromatic rings. The summed E-state index contributed by atoms with van der Waals surface area (Å²) in [5.74, 6) is 0. The van der Waals surface area contributed by atoms with Gasteiger partial charge in [-0.1, -0.05) is 38.6 Å². The second-order valence-corrected chi connectivity index (χ2v) is 5.36. The van der Waals surface area contributed by atoms with Gasteiger partial charge in [0.25, 0.3) is 0 Å². The minimum absolute atomic E-state index is 0.656. The van der Waals surface area contributed by atoms with Gasteiger partial charge in [-0.2, -0.15) is 0 Å². The Balaban J connectivity index is 0.00000172. The van der Waals surface area contributed by atoms with Gasteiger partial charge in [-0.15, -0.1) is 0 Å². The number of rotatable bonds is 5. The highest BCUT2D eigenvalue weighted by Gasteiger charge is 2.35. The monoisotopic (exact) mass is 276 g/mol. The van der Waals surface area contributed by atoms with Gasteiger partial charge in [0.05, 0.1) is 11.2 Å². The van der Waals surface area contributed by atoms with Crippen LogP contribution in [0.15, 0.2) is 24.8 Å². The van der Waals surface area contributed by atoms with Crippen LogP contribution in [-0.4, -0.2) is 23.8 Å². The number of nitrogens with two attached hydrogens (primary N) is 1. The lowest BCUT2D eigenvalue weighted by atomic mass is 9.80. The third kappa shape index (κ3) is 4.69. The maximum absolute atomic E-state index is 10.0. The lowest BCUT2D eigenvalue weighted by Crippen LogP contribution is -2.49. The molecule has 0 aliphatic carbocycles. The molecule has 0 aliphatic heterocycles. The molecular weight excluding hydrogens is 249 g/mol. The van der Waals surface area contributed by atoms with Crippen LogP contribution in [0.4, 0.5) is 5.69 Å². The van der Waals surface area contributed by atoms with Crippen molar-refractivity contribution in [2.24, 2.45) is 0 Å². The lowest BCUT2D eigenvalue weighted by Gasteiger charge is -2.37. The van der Waals surface area contributed by atoms with E-state index >= 15 is 0 Å². The van der Waals surface area contributed by atoms with Crippen molar-refractivity contribution in [3.8, 4) is 0 Å². The van der Waals surface area contributed by atoms with Crippen LogP contribution in [0.5, 0.6) is 0 Å². The molecular formula is C16H27BNO2. The van der Waals surface area contributed by atoms with Crippen molar-refractivity contribution >= 4 is 24.7 Å². The Labute approximate surface area is 124 Å². The van der Waals surface area contributed by atoms with Crippen LogP contribution in [0.1, 0.15) is 47.1 Å². The first-order chi connectivity index (χ1) is 9.19. The zero-order valence-corrected chi connectivity index (χ0v) is 13.5. The Bertz CT molecular complexity index is 437. The summed E-state index contributed by atoms with van der Waals surface area (Å²) in [7, 11) is 1.62. The molecule has 20 heavy (non-hydrogen) atoms. The Hall–Kier alpha value is -1.26. The molecule has 0 saturated carbocycles. The number of hydrogen-bond acceptors (Lipinski definition) is 3. The van der Waals surface area contributed by atoms with E-state index in [1.807, 2.05) is 45.9 Å². The largest absolute Gasteiger partial charge is 0.427 e. The van der Waals surface area contributed by atoms with E-state index < -0.39 is 11.2 Å². The number of hydrogen-bond donors (Lipinski definition) is 2. The molecule has 1 aromatic carbocycles. The van der Waals surface area contributed by atoms with E-state index in [9.17, 15) is 5.11 Å². The Morgan fingerprint density at radius 2 is 1.80 bits per heavy atom. The topological polar surface area (TPSA) is 55.5 Å². The van der Waals surface area contributed by atoms with E-state index in [0.717, 1.165) is 11.0 Å². The molecule has 0 saturated heterocycles. The molecule has 0 spiro atoms. The summed E-state index contributed by atoms with van der Waals surface area (Å²) in [4.78, 5) is 0. The maximum atomic E-state index is 10.0. The Morgan fingerprint density at radius 1 is 1.25 bits per heavy atom. The molecule has 3 nitrogen and oxygen atoms in total. The molecule has 0 amide bonds. The van der Waals surface area contributed by atoms with Crippen LogP contribution < -0.4 is 11.2 Å². The van der Waals surface area contributed by atoms with Crippen molar-refractivity contribution in [3.63, 3.8) is 0 Å². The SMILES string of the molecule is C=Cc1c(N)cccc1[B]OC(C)(C)C(C)(C)O.CC. The quantitative estimate of drug-likeness (QED) is 0.642. The van der Waals surface area contributed by atoms with E-state index in [1.165, 1.54) is 0 Å². The van der Waals surface area contributed by atoms with E-state index in [0.29, 0.717) is 5.69 Å². The standard InChI is InChI=1S/C14H21BNO2.C2H6/c1-6-10-11(8-7-9-12(10)16)15-18-14(4,5)13(2,3)17;1-2/h6-9,17H,1,16H2,2-5H3;1-2H3. The van der Waals surface area contributed by atoms with Crippen LogP contribution in [0.25, 0.3) is 6.08 Å². The molecule has 0 unspecified atom stereocenters. The zero-order valence-electron chi connectivity index (χ0n) is 13.5. The lowest BCUT2D eigenvalue weighted by molar-refractivity contribution is -0.0893. The molecule has 0 aliphatic rings. The average Bonchev–Trinajstić information content (AvgIpc) is 2.37. The molecule has 3 N–H and O–H groups in total. The minimum Gasteiger partial charge on any atom is -0.427 e. The molecule has 0 aromatic heterocycles. The minimum atomic E-state index is -0.946. The summed E-state index contributed by atoms with van der Waals surface area (Å²) in [6.07, 6.45) is 1.70. The smallest absolute Gasteiger partial charge is 0.331 e. The summed E-state index contributed by atoms with van der Waals surface area (Å²) in [6, 6.07) is 5.57. The van der Waals surface area contributed by atoms with Crippen LogP contribution in [0.2, 0.25) is 0 Å². The number of benzene rings is 1. The molecule has 0 fully saturated rings. The summed E-state index contributed by atoms with van der Waals surface area (Å²) in [5, 5.41) is 10.0. The fraction of sp³-hybridized carbons (Fsp3) is 0.500. The van der Waals surface area contributed by atoms with Gasteiger partial charge in [0.2, 0.25) is 0 Å². The summed E-state index contributed by atoms with van der Waals surface area (Å²) >= 11 is 0. The molecule has 0 bridgehead atoms. The normalized spacial score (nSPS) is 11.3. The maximum Gasteiger partial charge on any atom is 0.331 e. The van der Waals surface area contributed by atoms with Gasteiger partial charge in [-0.3, -0.25) is 0 Å². The molecule has 0 heterocycles. The van der Waals surface area contributed by atoms with Crippen molar-refractivity contribution in [2.75, 3.05) is 5.73 Å². The number of nitrogen functional groups attached to an aromatic ring is 1. The van der Waals surface area contributed by atoms with Crippen LogP contribution >= 0.6 is 0 Å². The van der Waals surface area contributed by atoms with Gasteiger partial charge < -0.3 is 15.5 Å². The van der Waals surface area contributed by atoms with Crippen LogP contribution in [0.3, 0.4) is 0 Å². The summed E-state index contributed by atoms with van der Waals surface area (Å²) < 4.78 is 5.70. The first-order valence-electron chi connectivity index (χ1n) is 6.93. The fourth-order valence-corrected chi connectivity index (χ4v) is 1.30. The second kappa shape index (κ2) is 7.51. The average molecular weight is 276 g/mol. The van der Waals surface area contributed by atoms with Gasteiger partial charge in [-0.05, 0) is 44.8 Å². The number of anilines is 1. The highest BCUT2D eigenvalue weighted by Crippen LogP contribution is 2.24. The highest BCUT2D eigenvalue weighted by atomic mass is 16.5. The predicted molar refractivity (Wildman–Crippen MR) is 89.1 cm³/mol. The van der Waals surface area contributed by atoms with Crippen LogP contribution in [-0.2, 0) is 4.65 Å². The van der Waals surface area contributed by atoms with Crippen molar-refractivity contribution in [1.82, 2.24) is 0 Å². The molecule has 1 rings (SSSR count). The van der Waals surface area contributed by atoms with E-state index in [4.69, 9.17) is 10.4 Å². The molecule has 111 valence electrons. The Morgan fingerprint density at radius 3 is 2.25 bits per heavy atom. The van der Waals surface area contributed by atoms with Crippen LogP contribution in [0, 0.1) is 0 Å². The highest BCUT2D eigenvalue weighted by molar-refractivity contribution is 6.48. The number of aliphatic hydroxyl groups is 1. The second-order valence-electron chi connectivity index (χ2n) is 5.36. The van der Waals surface area contributed by atoms with Crippen molar-refractivity contribution in [3.05, 3.63) is 30.3 Å². The van der Waals surface area contributed by atoms with Gasteiger partial charge in [0, 0.05) is 5.69 Å². The van der Waals surface area contributed by atoms with Gasteiger partial charge in [0.15, 0.2) is 0 Å². The van der Waals surface area contributed by atoms with Crippen molar-refractivity contribution < 1.29 is 9.76 Å². The van der Waals surface area contributed by atoms with Crippen molar-refractivity contribution in [2.45, 2.75) is 52.7 Å². The first-order valence-corrected chi connectivity index (χ1v) is 6.93. The predicted octanol–water partition coefficient (Wildman–Crippen LogP) is 2.75. The molecule has 0 atom stereocenters. The van der Waals surface area contributed by atoms with Gasteiger partial charge >= 0.3 is 7.48 Å². The van der Waals surface area contributed by atoms with Gasteiger partial charge in [-0.25, -0.2) is 0 Å². The summed E-state index contributed by atoms with van der Waals surface area (Å²) in [5.41, 5.74) is 6.56. The molecule has 1 radical (unpaired) electrons. The summed E-state index contributed by atoms with van der Waals surface area (Å²) in [6.45, 7) is 14.8. The Kier molecular flexibility index (Phi) is 7.04. The molecule has 4 heteroatoms. The van der Waals surface area contributed by atoms with E-state index in [-0.39, 0.29) is 0 Å².